The smallest absolute Gasteiger partial charge is 0.418 e. The van der Waals surface area contributed by atoms with Crippen molar-refractivity contribution in [3.63, 3.8) is 0 Å². The van der Waals surface area contributed by atoms with Crippen molar-refractivity contribution in [1.29, 1.82) is 5.41 Å². The minimum atomic E-state index is -6.00. The summed E-state index contributed by atoms with van der Waals surface area (Å²) in [6.45, 7) is 0. The zero-order valence-electron chi connectivity index (χ0n) is 10.5. The van der Waals surface area contributed by atoms with Gasteiger partial charge in [-0.25, -0.2) is 4.98 Å². The molecule has 1 heterocycles. The summed E-state index contributed by atoms with van der Waals surface area (Å²) >= 11 is 1.62. The highest BCUT2D eigenvalue weighted by atomic mass is 32.1. The number of nitrogen functional groups attached to an aromatic ring is 1. The summed E-state index contributed by atoms with van der Waals surface area (Å²) in [7, 11) is -6.00. The summed E-state index contributed by atoms with van der Waals surface area (Å²) in [5.74, 6) is 0. The summed E-state index contributed by atoms with van der Waals surface area (Å²) in [6, 6.07) is 11.2. The molecule has 1 aromatic rings. The third-order valence-electron chi connectivity index (χ3n) is 2.40. The molecule has 1 aliphatic carbocycles. The third kappa shape index (κ3) is 4.42. The number of benzene rings is 2. The molecule has 0 spiro atoms. The van der Waals surface area contributed by atoms with E-state index in [0.29, 0.717) is 5.36 Å². The fraction of sp³-hybridized carbons (Fsp3) is 0. The Morgan fingerprint density at radius 2 is 1.71 bits per heavy atom. The predicted octanol–water partition coefficient (Wildman–Crippen LogP) is 3.76. The number of nitrogens with zero attached hydrogens (tertiary/aromatic N) is 1. The van der Waals surface area contributed by atoms with Crippen LogP contribution in [-0.2, 0) is 0 Å². The highest BCUT2D eigenvalue weighted by Gasteiger charge is 2.20. The number of fused-ring (bicyclic) bond motifs is 2. The lowest BCUT2D eigenvalue weighted by atomic mass is 10.2. The van der Waals surface area contributed by atoms with Gasteiger partial charge in [-0.1, -0.05) is 0 Å². The molecule has 1 aliphatic heterocycles. The Kier molecular flexibility index (Phi) is 4.12. The van der Waals surface area contributed by atoms with Gasteiger partial charge in [0, 0.05) is 5.69 Å². The van der Waals surface area contributed by atoms with Gasteiger partial charge in [0.2, 0.25) is 0 Å². The van der Waals surface area contributed by atoms with E-state index in [2.05, 4.69) is 4.98 Å². The average Bonchev–Trinajstić information content (AvgIpc) is 2.34. The van der Waals surface area contributed by atoms with E-state index in [-0.39, 0.29) is 0 Å². The number of aromatic nitrogens is 1. The highest BCUT2D eigenvalue weighted by Crippen LogP contribution is 2.30. The molecule has 0 radical (unpaired) electrons. The van der Waals surface area contributed by atoms with Gasteiger partial charge in [-0.3, -0.25) is 0 Å². The van der Waals surface area contributed by atoms with Gasteiger partial charge < -0.3 is 28.4 Å². The van der Waals surface area contributed by atoms with Crippen LogP contribution in [0.1, 0.15) is 0 Å². The molecule has 0 bridgehead atoms. The maximum atomic E-state index is 9.75. The largest absolute Gasteiger partial charge is 0.673 e. The van der Waals surface area contributed by atoms with Crippen LogP contribution in [0, 0.1) is 5.41 Å². The second-order valence-electron chi connectivity index (χ2n) is 4.12. The van der Waals surface area contributed by atoms with Gasteiger partial charge in [0.25, 0.3) is 0 Å². The maximum absolute atomic E-state index is 9.75. The zero-order valence-corrected chi connectivity index (χ0v) is 11.3. The van der Waals surface area contributed by atoms with Gasteiger partial charge in [-0.15, -0.1) is 11.3 Å². The molecule has 0 amide bonds. The number of nitrogens with one attached hydrogen (secondary N) is 1. The normalized spacial score (nSPS) is 11.2. The minimum Gasteiger partial charge on any atom is -0.418 e. The molecule has 0 unspecified atom stereocenters. The quantitative estimate of drug-likeness (QED) is 0.287. The molecule has 0 atom stereocenters. The lowest BCUT2D eigenvalue weighted by molar-refractivity contribution is 0.368. The first-order valence-electron chi connectivity index (χ1n) is 5.74. The minimum absolute atomic E-state index is 0.508. The lowest BCUT2D eigenvalue weighted by Gasteiger charge is -2.05. The van der Waals surface area contributed by atoms with E-state index in [1.54, 1.807) is 17.4 Å². The van der Waals surface area contributed by atoms with Gasteiger partial charge >= 0.3 is 7.25 Å². The maximum Gasteiger partial charge on any atom is 0.673 e. The first-order chi connectivity index (χ1) is 9.72. The van der Waals surface area contributed by atoms with Crippen molar-refractivity contribution in [3.05, 3.63) is 41.8 Å². The Bertz CT molecular complexity index is 797. The standard InChI is InChI=1S/C12H9N3S.BF4/c13-7-1-3-9-11(5-7)16-12-6-8(14)2-4-10(12)15-9;2-1(3,4)5/h1-6,13H,14H2;/q;-1. The molecule has 9 heteroatoms. The number of rotatable bonds is 0. The summed E-state index contributed by atoms with van der Waals surface area (Å²) in [5, 5.41) is 8.09. The van der Waals surface area contributed by atoms with Gasteiger partial charge in [0.15, 0.2) is 0 Å². The van der Waals surface area contributed by atoms with E-state index in [4.69, 9.17) is 11.1 Å². The molecule has 2 aliphatic rings. The van der Waals surface area contributed by atoms with Crippen LogP contribution in [0.2, 0.25) is 0 Å². The van der Waals surface area contributed by atoms with Crippen LogP contribution in [0.3, 0.4) is 0 Å². The van der Waals surface area contributed by atoms with E-state index in [1.165, 1.54) is 0 Å². The molecular formula is C12H9BF4N3S-. The fourth-order valence-electron chi connectivity index (χ4n) is 1.64. The molecular weight excluding hydrogens is 305 g/mol. The first kappa shape index (κ1) is 15.2. The van der Waals surface area contributed by atoms with Crippen LogP contribution in [-0.4, -0.2) is 12.2 Å². The van der Waals surface area contributed by atoms with E-state index in [9.17, 15) is 17.3 Å². The number of anilines is 1. The van der Waals surface area contributed by atoms with Crippen molar-refractivity contribution in [1.82, 2.24) is 4.98 Å². The summed E-state index contributed by atoms with van der Waals surface area (Å²) < 4.78 is 40.1. The van der Waals surface area contributed by atoms with Crippen molar-refractivity contribution < 1.29 is 17.3 Å². The number of nitrogens with two attached hydrogens (primary N) is 1. The molecule has 1 aromatic carbocycles. The van der Waals surface area contributed by atoms with Gasteiger partial charge in [-0.2, -0.15) is 0 Å². The molecule has 21 heavy (non-hydrogen) atoms. The Hall–Kier alpha value is -2.16. The van der Waals surface area contributed by atoms with Crippen LogP contribution in [0.15, 0.2) is 36.4 Å². The van der Waals surface area contributed by atoms with E-state index in [1.807, 2.05) is 30.3 Å². The summed E-state index contributed by atoms with van der Waals surface area (Å²) in [6.07, 6.45) is 0. The average molecular weight is 314 g/mol. The fourth-order valence-corrected chi connectivity index (χ4v) is 2.70. The van der Waals surface area contributed by atoms with Crippen LogP contribution in [0.25, 0.3) is 20.8 Å². The third-order valence-corrected chi connectivity index (χ3v) is 3.50. The van der Waals surface area contributed by atoms with Gasteiger partial charge in [-0.05, 0) is 36.4 Å². The van der Waals surface area contributed by atoms with E-state index in [0.717, 1.165) is 26.5 Å². The molecule has 0 saturated heterocycles. The zero-order chi connectivity index (χ0) is 15.6. The topological polar surface area (TPSA) is 62.8 Å². The van der Waals surface area contributed by atoms with E-state index < -0.39 is 7.25 Å². The second kappa shape index (κ2) is 5.68. The molecule has 3 rings (SSSR count). The predicted molar refractivity (Wildman–Crippen MR) is 76.7 cm³/mol. The summed E-state index contributed by atoms with van der Waals surface area (Å²) in [5.41, 5.74) is 8.36. The van der Waals surface area contributed by atoms with Gasteiger partial charge in [0.05, 0.1) is 26.1 Å². The van der Waals surface area contributed by atoms with Crippen LogP contribution < -0.4 is 11.1 Å². The Labute approximate surface area is 121 Å². The van der Waals surface area contributed by atoms with Crippen LogP contribution in [0.4, 0.5) is 23.0 Å². The van der Waals surface area contributed by atoms with Crippen molar-refractivity contribution in [2.45, 2.75) is 0 Å². The highest BCUT2D eigenvalue weighted by molar-refractivity contribution is 7.21. The van der Waals surface area contributed by atoms with Crippen molar-refractivity contribution in [2.75, 3.05) is 5.73 Å². The molecule has 0 saturated carbocycles. The SMILES string of the molecule is F[B-](F)(F)F.N=c1ccc2nc3ccc(N)cc3sc-2c1. The molecule has 0 fully saturated rings. The number of halogens is 4. The molecule has 3 N–H and O–H groups in total. The Morgan fingerprint density at radius 1 is 1.05 bits per heavy atom. The Balaban J connectivity index is 0.000000282. The molecule has 0 aromatic heterocycles. The summed E-state index contributed by atoms with van der Waals surface area (Å²) in [4.78, 5) is 5.55. The van der Waals surface area contributed by atoms with Crippen molar-refractivity contribution in [3.8, 4) is 10.6 Å². The molecule has 3 nitrogen and oxygen atoms in total. The van der Waals surface area contributed by atoms with Crippen LogP contribution >= 0.6 is 11.3 Å². The number of hydrogen-bond donors (Lipinski definition) is 2. The van der Waals surface area contributed by atoms with Crippen molar-refractivity contribution in [2.24, 2.45) is 0 Å². The lowest BCUT2D eigenvalue weighted by Crippen LogP contribution is -2.02. The Morgan fingerprint density at radius 3 is 2.38 bits per heavy atom. The van der Waals surface area contributed by atoms with Crippen molar-refractivity contribution >= 4 is 34.5 Å². The van der Waals surface area contributed by atoms with Crippen LogP contribution in [0.5, 0.6) is 0 Å². The monoisotopic (exact) mass is 314 g/mol. The molecule has 110 valence electrons. The second-order valence-corrected chi connectivity index (χ2v) is 5.20. The number of hydrogen-bond acceptors (Lipinski definition) is 4. The van der Waals surface area contributed by atoms with E-state index >= 15 is 0 Å². The first-order valence-corrected chi connectivity index (χ1v) is 6.56. The van der Waals surface area contributed by atoms with Gasteiger partial charge in [0.1, 0.15) is 0 Å².